The monoisotopic (exact) mass is 325 g/mol. The number of pyridine rings is 2. The van der Waals surface area contributed by atoms with Gasteiger partial charge in [-0.15, -0.1) is 10.2 Å². The van der Waals surface area contributed by atoms with Gasteiger partial charge in [-0.05, 0) is 18.6 Å². The summed E-state index contributed by atoms with van der Waals surface area (Å²) < 4.78 is 54.6. The van der Waals surface area contributed by atoms with Crippen LogP contribution in [0.2, 0.25) is 0 Å². The Labute approximate surface area is 128 Å². The van der Waals surface area contributed by atoms with Crippen LogP contribution in [0, 0.1) is 23.5 Å². The topological polar surface area (TPSA) is 55.1 Å². The number of hydrogen-bond acceptors (Lipinski definition) is 4. The second-order valence-electron chi connectivity index (χ2n) is 4.77. The maximum Gasteiger partial charge on any atom is 0.253 e. The van der Waals surface area contributed by atoms with Crippen molar-refractivity contribution < 1.29 is 17.6 Å². The standard InChI is InChI=1S/C14H11F4N5/c15-10-12(11(16)14(18)20-13(10)17)19-6-3-5-9-22-21-8-4-1-2-7-23(8)9/h1-2,4,7H,3,5-6H2,(H,19,20). The van der Waals surface area contributed by atoms with Crippen molar-refractivity contribution in [2.45, 2.75) is 12.8 Å². The minimum Gasteiger partial charge on any atom is -0.380 e. The van der Waals surface area contributed by atoms with Crippen molar-refractivity contribution >= 4 is 11.3 Å². The summed E-state index contributed by atoms with van der Waals surface area (Å²) in [4.78, 5) is 2.49. The number of rotatable bonds is 5. The van der Waals surface area contributed by atoms with E-state index in [9.17, 15) is 17.6 Å². The molecule has 0 aliphatic carbocycles. The molecule has 0 fully saturated rings. The molecule has 0 atom stereocenters. The van der Waals surface area contributed by atoms with E-state index >= 15 is 0 Å². The number of anilines is 1. The summed E-state index contributed by atoms with van der Waals surface area (Å²) in [6, 6.07) is 5.45. The third-order valence-electron chi connectivity index (χ3n) is 3.26. The summed E-state index contributed by atoms with van der Waals surface area (Å²) in [5, 5.41) is 10.3. The van der Waals surface area contributed by atoms with Crippen LogP contribution in [0.1, 0.15) is 12.2 Å². The SMILES string of the molecule is Fc1nc(F)c(F)c(NCCCc2nnc3ccccn23)c1F. The number of aromatic nitrogens is 4. The predicted molar refractivity (Wildman–Crippen MR) is 73.9 cm³/mol. The Morgan fingerprint density at radius 1 is 1.00 bits per heavy atom. The van der Waals surface area contributed by atoms with E-state index in [-0.39, 0.29) is 6.54 Å². The van der Waals surface area contributed by atoms with E-state index in [0.29, 0.717) is 24.3 Å². The van der Waals surface area contributed by atoms with E-state index in [1.54, 1.807) is 16.7 Å². The van der Waals surface area contributed by atoms with E-state index < -0.39 is 29.2 Å². The third-order valence-corrected chi connectivity index (χ3v) is 3.26. The molecular formula is C14H11F4N5. The molecule has 0 radical (unpaired) electrons. The van der Waals surface area contributed by atoms with Crippen molar-refractivity contribution in [2.24, 2.45) is 0 Å². The maximum absolute atomic E-state index is 13.4. The number of fused-ring (bicyclic) bond motifs is 1. The van der Waals surface area contributed by atoms with Gasteiger partial charge >= 0.3 is 0 Å². The van der Waals surface area contributed by atoms with Crippen molar-refractivity contribution in [2.75, 3.05) is 11.9 Å². The van der Waals surface area contributed by atoms with Crippen LogP contribution in [-0.4, -0.2) is 26.1 Å². The van der Waals surface area contributed by atoms with Gasteiger partial charge in [-0.1, -0.05) is 6.07 Å². The molecule has 0 amide bonds. The second kappa shape index (κ2) is 6.19. The molecule has 0 unspecified atom stereocenters. The third kappa shape index (κ3) is 2.94. The van der Waals surface area contributed by atoms with Gasteiger partial charge in [0.25, 0.3) is 11.9 Å². The normalized spacial score (nSPS) is 11.1. The van der Waals surface area contributed by atoms with E-state index in [4.69, 9.17) is 0 Å². The van der Waals surface area contributed by atoms with Gasteiger partial charge in [0.1, 0.15) is 11.5 Å². The first-order valence-electron chi connectivity index (χ1n) is 6.80. The molecule has 0 bridgehead atoms. The zero-order chi connectivity index (χ0) is 16.4. The highest BCUT2D eigenvalue weighted by Crippen LogP contribution is 2.21. The van der Waals surface area contributed by atoms with Gasteiger partial charge < -0.3 is 5.32 Å². The number of halogens is 4. The lowest BCUT2D eigenvalue weighted by Crippen LogP contribution is -2.11. The Balaban J connectivity index is 1.65. The van der Waals surface area contributed by atoms with Crippen LogP contribution in [0.15, 0.2) is 24.4 Å². The fraction of sp³-hybridized carbons (Fsp3) is 0.214. The second-order valence-corrected chi connectivity index (χ2v) is 4.77. The lowest BCUT2D eigenvalue weighted by Gasteiger charge is -2.09. The zero-order valence-corrected chi connectivity index (χ0v) is 11.7. The van der Waals surface area contributed by atoms with Crippen molar-refractivity contribution in [1.82, 2.24) is 19.6 Å². The summed E-state index contributed by atoms with van der Waals surface area (Å²) in [5.41, 5.74) is -0.174. The van der Waals surface area contributed by atoms with Gasteiger partial charge in [0.05, 0.1) is 0 Å². The Hall–Kier alpha value is -2.71. The lowest BCUT2D eigenvalue weighted by atomic mass is 10.2. The summed E-state index contributed by atoms with van der Waals surface area (Å²) >= 11 is 0. The molecule has 23 heavy (non-hydrogen) atoms. The smallest absolute Gasteiger partial charge is 0.253 e. The van der Waals surface area contributed by atoms with Crippen molar-refractivity contribution in [3.63, 3.8) is 0 Å². The van der Waals surface area contributed by atoms with E-state index in [1.807, 2.05) is 12.1 Å². The molecule has 3 aromatic rings. The molecule has 0 aliphatic rings. The van der Waals surface area contributed by atoms with Crippen molar-refractivity contribution in [3.8, 4) is 0 Å². The summed E-state index contributed by atoms with van der Waals surface area (Å²) in [5.74, 6) is -5.78. The van der Waals surface area contributed by atoms with Crippen LogP contribution in [-0.2, 0) is 6.42 Å². The van der Waals surface area contributed by atoms with Crippen LogP contribution in [0.5, 0.6) is 0 Å². The highest BCUT2D eigenvalue weighted by atomic mass is 19.2. The Kier molecular flexibility index (Phi) is 4.09. The van der Waals surface area contributed by atoms with Gasteiger partial charge in [0.2, 0.25) is 11.6 Å². The first-order valence-corrected chi connectivity index (χ1v) is 6.80. The highest BCUT2D eigenvalue weighted by Gasteiger charge is 2.20. The zero-order valence-electron chi connectivity index (χ0n) is 11.7. The number of hydrogen-bond donors (Lipinski definition) is 1. The van der Waals surface area contributed by atoms with Gasteiger partial charge in [0, 0.05) is 19.2 Å². The average Bonchev–Trinajstić information content (AvgIpc) is 2.96. The summed E-state index contributed by atoms with van der Waals surface area (Å²) in [6.45, 7) is 0.0957. The van der Waals surface area contributed by atoms with Crippen molar-refractivity contribution in [3.05, 3.63) is 53.8 Å². The lowest BCUT2D eigenvalue weighted by molar-refractivity contribution is 0.410. The fourth-order valence-corrected chi connectivity index (χ4v) is 2.16. The minimum atomic E-state index is -1.69. The molecule has 0 spiro atoms. The van der Waals surface area contributed by atoms with Crippen LogP contribution in [0.3, 0.4) is 0 Å². The number of aryl methyl sites for hydroxylation is 1. The first kappa shape index (κ1) is 15.2. The van der Waals surface area contributed by atoms with Crippen LogP contribution >= 0.6 is 0 Å². The predicted octanol–water partition coefficient (Wildman–Crippen LogP) is 2.73. The molecular weight excluding hydrogens is 314 g/mol. The average molecular weight is 325 g/mol. The molecule has 9 heteroatoms. The Morgan fingerprint density at radius 2 is 1.74 bits per heavy atom. The van der Waals surface area contributed by atoms with Gasteiger partial charge in [-0.2, -0.15) is 22.5 Å². The molecule has 1 N–H and O–H groups in total. The minimum absolute atomic E-state index is 0.0957. The fourth-order valence-electron chi connectivity index (χ4n) is 2.16. The molecule has 3 aromatic heterocycles. The first-order chi connectivity index (χ1) is 11.1. The summed E-state index contributed by atoms with van der Waals surface area (Å²) in [7, 11) is 0. The largest absolute Gasteiger partial charge is 0.380 e. The quantitative estimate of drug-likeness (QED) is 0.445. The van der Waals surface area contributed by atoms with Crippen molar-refractivity contribution in [1.29, 1.82) is 0 Å². The molecule has 0 aliphatic heterocycles. The number of nitrogens with one attached hydrogen (secondary N) is 1. The van der Waals surface area contributed by atoms with E-state index in [1.165, 1.54) is 0 Å². The van der Waals surface area contributed by atoms with Gasteiger partial charge in [0.15, 0.2) is 5.65 Å². The molecule has 120 valence electrons. The maximum atomic E-state index is 13.4. The molecule has 0 saturated carbocycles. The van der Waals surface area contributed by atoms with E-state index in [2.05, 4.69) is 20.5 Å². The Bertz CT molecular complexity index is 822. The van der Waals surface area contributed by atoms with E-state index in [0.717, 1.165) is 0 Å². The van der Waals surface area contributed by atoms with Crippen LogP contribution in [0.4, 0.5) is 23.2 Å². The molecule has 0 saturated heterocycles. The Morgan fingerprint density at radius 3 is 2.48 bits per heavy atom. The number of nitrogens with zero attached hydrogens (tertiary/aromatic N) is 4. The molecule has 3 rings (SSSR count). The summed E-state index contributed by atoms with van der Waals surface area (Å²) in [6.07, 6.45) is 2.70. The van der Waals surface area contributed by atoms with Gasteiger partial charge in [-0.25, -0.2) is 0 Å². The molecule has 5 nitrogen and oxygen atoms in total. The molecule has 3 heterocycles. The highest BCUT2D eigenvalue weighted by molar-refractivity contribution is 5.45. The van der Waals surface area contributed by atoms with Crippen LogP contribution < -0.4 is 5.32 Å². The van der Waals surface area contributed by atoms with Gasteiger partial charge in [-0.3, -0.25) is 4.40 Å². The van der Waals surface area contributed by atoms with Crippen LogP contribution in [0.25, 0.3) is 5.65 Å². The molecule has 0 aromatic carbocycles.